The van der Waals surface area contributed by atoms with Crippen molar-refractivity contribution < 1.29 is 75.8 Å². The molecule has 10 aromatic rings. The van der Waals surface area contributed by atoms with Gasteiger partial charge in [0.15, 0.2) is 46.0 Å². The first kappa shape index (κ1) is 71.4. The Morgan fingerprint density at radius 2 is 0.413 bits per heavy atom. The largest absolute Gasteiger partial charge is 0.496 e. The maximum Gasteiger partial charge on any atom is 0.161 e. The highest BCUT2D eigenvalue weighted by atomic mass is 16.6. The van der Waals surface area contributed by atoms with Crippen LogP contribution in [0.25, 0.3) is 0 Å². The molecule has 0 saturated carbocycles. The third-order valence-corrected chi connectivity index (χ3v) is 19.4. The monoisotopic (exact) mass is 1400 g/mol. The van der Waals surface area contributed by atoms with Gasteiger partial charge in [0.1, 0.15) is 125 Å². The first-order valence-electron chi connectivity index (χ1n) is 36.1. The summed E-state index contributed by atoms with van der Waals surface area (Å²) in [6, 6.07) is 64.4. The second-order valence-electron chi connectivity index (χ2n) is 25.7. The van der Waals surface area contributed by atoms with E-state index in [9.17, 15) is 0 Å². The highest BCUT2D eigenvalue weighted by molar-refractivity contribution is 5.64. The van der Waals surface area contributed by atoms with Crippen molar-refractivity contribution in [1.82, 2.24) is 0 Å². The average molecular weight is 1410 g/mol. The quantitative estimate of drug-likeness (QED) is 0.142. The van der Waals surface area contributed by atoms with E-state index in [4.69, 9.17) is 75.8 Å². The minimum Gasteiger partial charge on any atom is -0.496 e. The molecule has 0 amide bonds. The molecule has 10 aromatic carbocycles. The Bertz CT molecular complexity index is 4150. The van der Waals surface area contributed by atoms with E-state index in [1.165, 1.54) is 0 Å². The molecule has 16 nitrogen and oxygen atoms in total. The number of ether oxygens (including phenoxy) is 16. The Morgan fingerprint density at radius 1 is 0.221 bits per heavy atom. The van der Waals surface area contributed by atoms with Gasteiger partial charge in [-0.3, -0.25) is 0 Å². The van der Waals surface area contributed by atoms with Crippen LogP contribution >= 0.6 is 0 Å². The van der Waals surface area contributed by atoms with Crippen LogP contribution in [0.15, 0.2) is 194 Å². The molecule has 0 radical (unpaired) electrons. The zero-order valence-corrected chi connectivity index (χ0v) is 60.6. The van der Waals surface area contributed by atoms with Crippen LogP contribution in [0.1, 0.15) is 144 Å². The summed E-state index contributed by atoms with van der Waals surface area (Å²) in [7, 11) is 6.86. The fourth-order valence-electron chi connectivity index (χ4n) is 14.4. The number of rotatable bonds is 8. The fourth-order valence-corrected chi connectivity index (χ4v) is 14.4. The lowest BCUT2D eigenvalue weighted by Gasteiger charge is -2.31. The number of fused-ring (bicyclic) bond motifs is 20. The minimum absolute atomic E-state index is 0.181. The molecule has 14 bridgehead atoms. The lowest BCUT2D eigenvalue weighted by Crippen LogP contribution is -2.17. The second-order valence-corrected chi connectivity index (χ2v) is 25.7. The zero-order chi connectivity index (χ0) is 71.7. The molecule has 104 heavy (non-hydrogen) atoms. The van der Waals surface area contributed by atoms with Gasteiger partial charge in [0.25, 0.3) is 0 Å². The molecule has 5 aliphatic rings. The van der Waals surface area contributed by atoms with Crippen LogP contribution < -0.4 is 75.8 Å². The molecule has 0 N–H and O–H groups in total. The fraction of sp³-hybridized carbons (Fsp3) is 0.318. The van der Waals surface area contributed by atoms with Crippen molar-refractivity contribution in [3.8, 4) is 92.0 Å². The van der Waals surface area contributed by atoms with Gasteiger partial charge in [-0.25, -0.2) is 0 Å². The van der Waals surface area contributed by atoms with E-state index in [-0.39, 0.29) is 76.5 Å². The van der Waals surface area contributed by atoms with Gasteiger partial charge >= 0.3 is 0 Å². The van der Waals surface area contributed by atoms with Crippen LogP contribution in [0.3, 0.4) is 0 Å². The molecule has 540 valence electrons. The number of hydrogen-bond acceptors (Lipinski definition) is 16. The van der Waals surface area contributed by atoms with Crippen LogP contribution in [0, 0.1) is 0 Å². The molecule has 0 fully saturated rings. The van der Waals surface area contributed by atoms with Crippen LogP contribution in [-0.4, -0.2) is 81.3 Å². The Hall–Kier alpha value is -11.0. The van der Waals surface area contributed by atoms with E-state index < -0.39 is 0 Å². The van der Waals surface area contributed by atoms with Crippen molar-refractivity contribution >= 4 is 0 Å². The van der Waals surface area contributed by atoms with E-state index in [0.29, 0.717) is 144 Å². The molecule has 4 atom stereocenters. The lowest BCUT2D eigenvalue weighted by atomic mass is 9.77. The van der Waals surface area contributed by atoms with Gasteiger partial charge < -0.3 is 75.8 Å². The molecule has 0 spiro atoms. The summed E-state index contributed by atoms with van der Waals surface area (Å²) in [5.74, 6) is 8.49. The van der Waals surface area contributed by atoms with E-state index in [0.717, 1.165) is 66.8 Å². The second kappa shape index (κ2) is 34.3. The average Bonchev–Trinajstić information content (AvgIpc) is 0.749. The van der Waals surface area contributed by atoms with Gasteiger partial charge in [0.05, 0.1) is 28.4 Å². The van der Waals surface area contributed by atoms with Crippen LogP contribution in [0.4, 0.5) is 0 Å². The summed E-state index contributed by atoms with van der Waals surface area (Å²) in [4.78, 5) is 0. The molecule has 4 heterocycles. The molecule has 4 unspecified atom stereocenters. The Labute approximate surface area is 610 Å². The lowest BCUT2D eigenvalue weighted by molar-refractivity contribution is 0.202. The normalized spacial score (nSPS) is 17.1. The summed E-state index contributed by atoms with van der Waals surface area (Å²) in [5.41, 5.74) is 11.3. The van der Waals surface area contributed by atoms with E-state index in [2.05, 4.69) is 64.1 Å². The van der Waals surface area contributed by atoms with Crippen molar-refractivity contribution in [2.24, 2.45) is 0 Å². The van der Waals surface area contributed by atoms with Gasteiger partial charge in [-0.1, -0.05) is 113 Å². The molecule has 16 heteroatoms. The molecule has 1 aliphatic carbocycles. The summed E-state index contributed by atoms with van der Waals surface area (Å²) >= 11 is 0. The number of para-hydroxylation sites is 8. The van der Waals surface area contributed by atoms with Gasteiger partial charge in [-0.05, 0) is 133 Å². The number of methoxy groups -OCH3 is 4. The molecule has 4 aliphatic heterocycles. The molecular weight excluding hydrogens is 1310 g/mol. The zero-order valence-electron chi connectivity index (χ0n) is 60.6. The molecule has 15 rings (SSSR count). The van der Waals surface area contributed by atoms with Gasteiger partial charge in [0, 0.05) is 92.4 Å². The van der Waals surface area contributed by atoms with Crippen molar-refractivity contribution in [3.05, 3.63) is 261 Å². The maximum absolute atomic E-state index is 7.07. The van der Waals surface area contributed by atoms with E-state index in [1.54, 1.807) is 28.4 Å². The van der Waals surface area contributed by atoms with Gasteiger partial charge in [0.2, 0.25) is 0 Å². The predicted octanol–water partition coefficient (Wildman–Crippen LogP) is 19.0. The number of hydrogen-bond donors (Lipinski definition) is 0. The summed E-state index contributed by atoms with van der Waals surface area (Å²) in [6.45, 7) is 11.5. The number of benzene rings is 10. The Morgan fingerprint density at radius 3 is 0.606 bits per heavy atom. The highest BCUT2D eigenvalue weighted by Crippen LogP contribution is 2.53. The van der Waals surface area contributed by atoms with Crippen LogP contribution in [0.2, 0.25) is 0 Å². The first-order chi connectivity index (χ1) is 51.2. The van der Waals surface area contributed by atoms with Crippen molar-refractivity contribution in [2.75, 3.05) is 81.3 Å². The third kappa shape index (κ3) is 16.2. The van der Waals surface area contributed by atoms with E-state index >= 15 is 0 Å². The standard InChI is InChI=1S/C88H92O16/c1-9-61-65-45-71-64(12-4)68-48-70-62(10-2)66-46-72(88(50-82(66)90-6)100-42-38-96-76-30-16-20-34-80(76)104-56-60-26-22-24-58(44-60)54-102-78-32-18-14-28-74(78)94-36-40-98-86(70)52-84(68)92-8)63(11-3)67-47-69(61)85(51-83(67)91-7)97-39-35-93-73-27-13-17-31-77(73)101-53-57-23-21-25-59(43-57)55-103-79-33-19-15-29-75(79)95-37-41-99-87(71)49-81(65)89-5/h13-34,43-52,61-64H,9-12,35-42,53-56H2,1-8H3. The third-order valence-electron chi connectivity index (χ3n) is 19.4. The molecule has 0 aromatic heterocycles. The maximum atomic E-state index is 7.07. The summed E-state index contributed by atoms with van der Waals surface area (Å²) < 4.78 is 107. The minimum atomic E-state index is -0.332. The molecule has 0 saturated heterocycles. The SMILES string of the molecule is CCC1c2cc3c(cc2OC)OCCOc2ccccc2OCc2cccc(c2)COc2ccccc2OCCOc2cc(OC)c(cc21)C(CC)c1cc2c(OC)cc1OCCOc1ccccc1OCc1cccc(c1)COc1ccccc1OCCOc1cc(OC)c(cc1C2CC)C3CC. The Kier molecular flexibility index (Phi) is 23.6. The first-order valence-corrected chi connectivity index (χ1v) is 36.1. The van der Waals surface area contributed by atoms with Crippen LogP contribution in [0.5, 0.6) is 92.0 Å². The van der Waals surface area contributed by atoms with Crippen molar-refractivity contribution in [3.63, 3.8) is 0 Å². The van der Waals surface area contributed by atoms with E-state index in [1.807, 2.05) is 158 Å². The summed E-state index contributed by atoms with van der Waals surface area (Å²) in [5, 5.41) is 0. The van der Waals surface area contributed by atoms with Crippen LogP contribution in [-0.2, 0) is 26.4 Å². The van der Waals surface area contributed by atoms with Gasteiger partial charge in [-0.2, -0.15) is 0 Å². The smallest absolute Gasteiger partial charge is 0.161 e. The van der Waals surface area contributed by atoms with Crippen molar-refractivity contribution in [1.29, 1.82) is 0 Å². The molecular formula is C88H92O16. The predicted molar refractivity (Wildman–Crippen MR) is 400 cm³/mol. The highest BCUT2D eigenvalue weighted by Gasteiger charge is 2.34. The topological polar surface area (TPSA) is 148 Å². The Balaban J connectivity index is 0.993. The van der Waals surface area contributed by atoms with Crippen molar-refractivity contribution in [2.45, 2.75) is 103 Å². The summed E-state index contributed by atoms with van der Waals surface area (Å²) in [6.07, 6.45) is 2.53. The van der Waals surface area contributed by atoms with Gasteiger partial charge in [-0.15, -0.1) is 0 Å².